The molecule has 2 aliphatic heterocycles. The van der Waals surface area contributed by atoms with Gasteiger partial charge in [0.1, 0.15) is 29.2 Å². The third-order valence-corrected chi connectivity index (χ3v) is 4.47. The number of anilines is 1. The fraction of sp³-hybridized carbons (Fsp3) is 0.500. The SMILES string of the molecule is CC(=O)Oc1ccc2c(c1)NC1N(C(=O)OC(C)(C)C)[C@H](C(=O)O)CC21O. The van der Waals surface area contributed by atoms with Crippen molar-refractivity contribution < 1.29 is 34.1 Å². The fourth-order valence-corrected chi connectivity index (χ4v) is 3.51. The van der Waals surface area contributed by atoms with E-state index in [1.54, 1.807) is 26.8 Å². The van der Waals surface area contributed by atoms with Crippen LogP contribution in [0.3, 0.4) is 0 Å². The molecule has 3 N–H and O–H groups in total. The van der Waals surface area contributed by atoms with Crippen molar-refractivity contribution >= 4 is 23.7 Å². The van der Waals surface area contributed by atoms with Crippen LogP contribution in [0.5, 0.6) is 5.75 Å². The molecule has 3 atom stereocenters. The van der Waals surface area contributed by atoms with E-state index in [2.05, 4.69) is 5.32 Å². The average molecular weight is 378 g/mol. The van der Waals surface area contributed by atoms with Gasteiger partial charge in [-0.1, -0.05) is 6.07 Å². The van der Waals surface area contributed by atoms with Gasteiger partial charge in [0, 0.05) is 30.7 Å². The van der Waals surface area contributed by atoms with E-state index in [1.165, 1.54) is 19.1 Å². The topological polar surface area (TPSA) is 125 Å². The summed E-state index contributed by atoms with van der Waals surface area (Å²) >= 11 is 0. The highest BCUT2D eigenvalue weighted by Gasteiger charge is 2.61. The number of likely N-dealkylation sites (tertiary alicyclic amines) is 1. The number of esters is 1. The number of benzene rings is 1. The Morgan fingerprint density at radius 1 is 1.30 bits per heavy atom. The van der Waals surface area contributed by atoms with Gasteiger partial charge in [-0.3, -0.25) is 9.69 Å². The van der Waals surface area contributed by atoms with Crippen molar-refractivity contribution in [3.8, 4) is 5.75 Å². The summed E-state index contributed by atoms with van der Waals surface area (Å²) in [5, 5.41) is 23.7. The molecule has 3 rings (SSSR count). The molecule has 0 spiro atoms. The summed E-state index contributed by atoms with van der Waals surface area (Å²) in [6.07, 6.45) is -2.05. The van der Waals surface area contributed by atoms with Crippen LogP contribution < -0.4 is 10.1 Å². The Morgan fingerprint density at radius 3 is 2.52 bits per heavy atom. The summed E-state index contributed by atoms with van der Waals surface area (Å²) in [7, 11) is 0. The van der Waals surface area contributed by atoms with Gasteiger partial charge >= 0.3 is 18.0 Å². The van der Waals surface area contributed by atoms with E-state index in [0.29, 0.717) is 11.3 Å². The van der Waals surface area contributed by atoms with Crippen LogP contribution in [0.2, 0.25) is 0 Å². The van der Waals surface area contributed by atoms with E-state index in [4.69, 9.17) is 9.47 Å². The normalized spacial score (nSPS) is 26.0. The Kier molecular flexibility index (Phi) is 4.30. The first kappa shape index (κ1) is 19.0. The molecule has 9 nitrogen and oxygen atoms in total. The predicted molar refractivity (Wildman–Crippen MR) is 93.2 cm³/mol. The minimum Gasteiger partial charge on any atom is -0.480 e. The molecule has 9 heteroatoms. The molecular weight excluding hydrogens is 356 g/mol. The Balaban J connectivity index is 1.97. The van der Waals surface area contributed by atoms with Gasteiger partial charge in [0.25, 0.3) is 0 Å². The minimum absolute atomic E-state index is 0.195. The summed E-state index contributed by atoms with van der Waals surface area (Å²) in [6, 6.07) is 3.34. The maximum atomic E-state index is 12.6. The molecule has 1 saturated heterocycles. The average Bonchev–Trinajstić information content (AvgIpc) is 2.93. The number of nitrogens with zero attached hydrogens (tertiary/aromatic N) is 1. The Morgan fingerprint density at radius 2 is 1.96 bits per heavy atom. The van der Waals surface area contributed by atoms with Crippen molar-refractivity contribution in [2.75, 3.05) is 5.32 Å². The third kappa shape index (κ3) is 3.30. The molecule has 1 aromatic rings. The lowest BCUT2D eigenvalue weighted by atomic mass is 9.91. The second-order valence-electron chi connectivity index (χ2n) is 7.72. The number of carboxylic acids is 1. The first-order valence-electron chi connectivity index (χ1n) is 8.48. The van der Waals surface area contributed by atoms with E-state index in [1.807, 2.05) is 0 Å². The van der Waals surface area contributed by atoms with Crippen LogP contribution in [0.4, 0.5) is 10.5 Å². The van der Waals surface area contributed by atoms with Gasteiger partial charge in [0.2, 0.25) is 0 Å². The molecule has 0 bridgehead atoms. The molecule has 2 aliphatic rings. The fourth-order valence-electron chi connectivity index (χ4n) is 3.51. The highest BCUT2D eigenvalue weighted by molar-refractivity contribution is 5.84. The first-order valence-corrected chi connectivity index (χ1v) is 8.48. The zero-order valence-electron chi connectivity index (χ0n) is 15.5. The maximum Gasteiger partial charge on any atom is 0.412 e. The van der Waals surface area contributed by atoms with Crippen molar-refractivity contribution in [3.63, 3.8) is 0 Å². The van der Waals surface area contributed by atoms with E-state index in [0.717, 1.165) is 4.90 Å². The van der Waals surface area contributed by atoms with Gasteiger partial charge in [0.15, 0.2) is 0 Å². The number of nitrogens with one attached hydrogen (secondary N) is 1. The summed E-state index contributed by atoms with van der Waals surface area (Å²) in [6.45, 7) is 6.28. The Bertz CT molecular complexity index is 816. The highest BCUT2D eigenvalue weighted by atomic mass is 16.6. The van der Waals surface area contributed by atoms with Gasteiger partial charge in [0.05, 0.1) is 0 Å². The number of hydrogen-bond donors (Lipinski definition) is 3. The lowest BCUT2D eigenvalue weighted by Crippen LogP contribution is -2.51. The largest absolute Gasteiger partial charge is 0.480 e. The van der Waals surface area contributed by atoms with Crippen molar-refractivity contribution in [2.24, 2.45) is 0 Å². The Labute approximate surface area is 155 Å². The lowest BCUT2D eigenvalue weighted by Gasteiger charge is -2.31. The van der Waals surface area contributed by atoms with E-state index >= 15 is 0 Å². The number of aliphatic hydroxyl groups is 1. The zero-order valence-corrected chi connectivity index (χ0v) is 15.5. The third-order valence-electron chi connectivity index (χ3n) is 4.47. The molecule has 1 aromatic carbocycles. The number of hydrogen-bond acceptors (Lipinski definition) is 7. The minimum atomic E-state index is -1.61. The molecule has 27 heavy (non-hydrogen) atoms. The number of carbonyl (C=O) groups excluding carboxylic acids is 2. The number of aliphatic carboxylic acids is 1. The van der Waals surface area contributed by atoms with Crippen LogP contribution in [-0.2, 0) is 19.9 Å². The first-order chi connectivity index (χ1) is 12.4. The van der Waals surface area contributed by atoms with E-state index < -0.39 is 41.4 Å². The molecular formula is C18H22N2O7. The Hall–Kier alpha value is -2.81. The molecule has 0 radical (unpaired) electrons. The molecule has 0 aliphatic carbocycles. The number of rotatable bonds is 2. The van der Waals surface area contributed by atoms with Crippen molar-refractivity contribution in [3.05, 3.63) is 23.8 Å². The monoisotopic (exact) mass is 378 g/mol. The molecule has 0 aromatic heterocycles. The second kappa shape index (κ2) is 6.12. The molecule has 0 saturated carbocycles. The van der Waals surface area contributed by atoms with Crippen molar-refractivity contribution in [1.82, 2.24) is 4.90 Å². The summed E-state index contributed by atoms with van der Waals surface area (Å²) in [5.41, 5.74) is -1.54. The van der Waals surface area contributed by atoms with Gasteiger partial charge in [-0.2, -0.15) is 0 Å². The molecule has 146 valence electrons. The summed E-state index contributed by atoms with van der Waals surface area (Å²) in [4.78, 5) is 36.5. The van der Waals surface area contributed by atoms with Crippen molar-refractivity contribution in [1.29, 1.82) is 0 Å². The summed E-state index contributed by atoms with van der Waals surface area (Å²) < 4.78 is 10.4. The molecule has 2 unspecified atom stereocenters. The second-order valence-corrected chi connectivity index (χ2v) is 7.72. The molecule has 1 amide bonds. The number of fused-ring (bicyclic) bond motifs is 3. The lowest BCUT2D eigenvalue weighted by molar-refractivity contribution is -0.142. The van der Waals surface area contributed by atoms with Gasteiger partial charge in [-0.15, -0.1) is 0 Å². The van der Waals surface area contributed by atoms with Gasteiger partial charge < -0.3 is 25.0 Å². The zero-order chi connectivity index (χ0) is 20.1. The van der Waals surface area contributed by atoms with E-state index in [-0.39, 0.29) is 12.2 Å². The number of carboxylic acid groups (broad SMARTS) is 1. The quantitative estimate of drug-likeness (QED) is 0.524. The van der Waals surface area contributed by atoms with Gasteiger partial charge in [-0.25, -0.2) is 9.59 Å². The van der Waals surface area contributed by atoms with Crippen LogP contribution in [0.1, 0.15) is 39.7 Å². The number of amides is 1. The van der Waals surface area contributed by atoms with Crippen LogP contribution >= 0.6 is 0 Å². The van der Waals surface area contributed by atoms with Crippen LogP contribution in [0.25, 0.3) is 0 Å². The van der Waals surface area contributed by atoms with E-state index in [9.17, 15) is 24.6 Å². The maximum absolute atomic E-state index is 12.6. The molecule has 2 heterocycles. The number of ether oxygens (including phenoxy) is 2. The number of carbonyl (C=O) groups is 3. The van der Waals surface area contributed by atoms with Crippen LogP contribution in [0, 0.1) is 0 Å². The summed E-state index contributed by atoms with van der Waals surface area (Å²) in [5.74, 6) is -1.45. The highest BCUT2D eigenvalue weighted by Crippen LogP contribution is 2.50. The van der Waals surface area contributed by atoms with Crippen molar-refractivity contribution in [2.45, 2.75) is 57.5 Å². The smallest absolute Gasteiger partial charge is 0.412 e. The van der Waals surface area contributed by atoms with Crippen LogP contribution in [-0.4, -0.2) is 51.0 Å². The standard InChI is InChI=1S/C18H22N2O7/c1-9(21)26-10-5-6-11-12(7-10)19-15-18(11,25)8-13(14(22)23)20(15)16(24)27-17(2,3)4/h5-7,13,15,19,25H,8H2,1-4H3,(H,22,23)/t13-,15?,18?/m0/s1. The van der Waals surface area contributed by atoms with Gasteiger partial charge in [-0.05, 0) is 26.8 Å². The molecule has 1 fully saturated rings. The van der Waals surface area contributed by atoms with Crippen LogP contribution in [0.15, 0.2) is 18.2 Å². The predicted octanol–water partition coefficient (Wildman–Crippen LogP) is 1.65.